The van der Waals surface area contributed by atoms with Gasteiger partial charge >= 0.3 is 5.97 Å². The molecule has 0 saturated carbocycles. The first-order chi connectivity index (χ1) is 11.7. The number of nitrogens with one attached hydrogen (secondary N) is 2. The average Bonchev–Trinajstić information content (AvgIpc) is 2.59. The quantitative estimate of drug-likeness (QED) is 0.184. The molecular formula is C18H30IN3O3. The van der Waals surface area contributed by atoms with Crippen molar-refractivity contribution in [3.63, 3.8) is 0 Å². The van der Waals surface area contributed by atoms with Crippen LogP contribution in [0.5, 0.6) is 5.75 Å². The fraction of sp³-hybridized carbons (Fsp3) is 0.556. The molecule has 2 N–H and O–H groups in total. The second-order valence-corrected chi connectivity index (χ2v) is 5.19. The van der Waals surface area contributed by atoms with Gasteiger partial charge in [0.05, 0.1) is 13.7 Å². The van der Waals surface area contributed by atoms with Gasteiger partial charge in [0.1, 0.15) is 5.75 Å². The van der Waals surface area contributed by atoms with Crippen LogP contribution in [0.3, 0.4) is 0 Å². The van der Waals surface area contributed by atoms with Crippen molar-refractivity contribution >= 4 is 35.9 Å². The molecule has 0 aliphatic carbocycles. The first-order valence-electron chi connectivity index (χ1n) is 8.50. The Morgan fingerprint density at radius 1 is 1.16 bits per heavy atom. The molecule has 0 spiro atoms. The standard InChI is InChI=1S/C18H29N3O3.HI/c1-4-19-18(20-13-6-7-17(22)24-5-2)21-14-12-15-8-10-16(23-3)11-9-15;/h8-11H,4-7,12-14H2,1-3H3,(H2,19,20,21);1H. The highest BCUT2D eigenvalue weighted by molar-refractivity contribution is 14.0. The van der Waals surface area contributed by atoms with Crippen LogP contribution in [0.1, 0.15) is 32.3 Å². The summed E-state index contributed by atoms with van der Waals surface area (Å²) in [6, 6.07) is 8.04. The van der Waals surface area contributed by atoms with E-state index in [4.69, 9.17) is 9.47 Å². The zero-order chi connectivity index (χ0) is 17.6. The van der Waals surface area contributed by atoms with Crippen LogP contribution in [-0.2, 0) is 16.0 Å². The monoisotopic (exact) mass is 463 g/mol. The highest BCUT2D eigenvalue weighted by Crippen LogP contribution is 2.11. The SMILES string of the molecule is CCNC(=NCCCC(=O)OCC)NCCc1ccc(OC)cc1.I. The number of ether oxygens (including phenoxy) is 2. The smallest absolute Gasteiger partial charge is 0.305 e. The van der Waals surface area contributed by atoms with Gasteiger partial charge in [0.2, 0.25) is 0 Å². The summed E-state index contributed by atoms with van der Waals surface area (Å²) in [6.45, 7) is 6.45. The predicted octanol–water partition coefficient (Wildman–Crippen LogP) is 2.75. The molecule has 25 heavy (non-hydrogen) atoms. The van der Waals surface area contributed by atoms with E-state index in [1.165, 1.54) is 5.56 Å². The topological polar surface area (TPSA) is 72.0 Å². The molecule has 0 heterocycles. The van der Waals surface area contributed by atoms with Crippen LogP contribution in [0.25, 0.3) is 0 Å². The Bertz CT molecular complexity index is 507. The van der Waals surface area contributed by atoms with Crippen molar-refractivity contribution in [2.24, 2.45) is 4.99 Å². The summed E-state index contributed by atoms with van der Waals surface area (Å²) in [5.41, 5.74) is 1.24. The fourth-order valence-electron chi connectivity index (χ4n) is 2.11. The van der Waals surface area contributed by atoms with Crippen LogP contribution >= 0.6 is 24.0 Å². The Hall–Kier alpha value is -1.51. The van der Waals surface area contributed by atoms with E-state index in [0.717, 1.165) is 31.2 Å². The van der Waals surface area contributed by atoms with Crippen LogP contribution in [0.4, 0.5) is 0 Å². The number of methoxy groups -OCH3 is 1. The van der Waals surface area contributed by atoms with Crippen LogP contribution < -0.4 is 15.4 Å². The van der Waals surface area contributed by atoms with E-state index < -0.39 is 0 Å². The van der Waals surface area contributed by atoms with Gasteiger partial charge in [-0.05, 0) is 44.4 Å². The third-order valence-corrected chi connectivity index (χ3v) is 3.32. The Balaban J connectivity index is 0.00000576. The van der Waals surface area contributed by atoms with Crippen molar-refractivity contribution in [2.45, 2.75) is 33.1 Å². The molecule has 6 nitrogen and oxygen atoms in total. The van der Waals surface area contributed by atoms with Gasteiger partial charge in [-0.2, -0.15) is 0 Å². The number of guanidine groups is 1. The van der Waals surface area contributed by atoms with E-state index in [-0.39, 0.29) is 29.9 Å². The molecule has 0 radical (unpaired) electrons. The van der Waals surface area contributed by atoms with E-state index in [1.807, 2.05) is 26.0 Å². The summed E-state index contributed by atoms with van der Waals surface area (Å²) < 4.78 is 10.1. The second-order valence-electron chi connectivity index (χ2n) is 5.19. The van der Waals surface area contributed by atoms with Gasteiger partial charge in [0, 0.05) is 26.1 Å². The summed E-state index contributed by atoms with van der Waals surface area (Å²) in [5.74, 6) is 1.48. The molecule has 0 bridgehead atoms. The molecule has 0 fully saturated rings. The van der Waals surface area contributed by atoms with Gasteiger partial charge in [0.25, 0.3) is 0 Å². The predicted molar refractivity (Wildman–Crippen MR) is 112 cm³/mol. The molecule has 1 aromatic carbocycles. The normalized spacial score (nSPS) is 10.6. The lowest BCUT2D eigenvalue weighted by Gasteiger charge is -2.11. The van der Waals surface area contributed by atoms with Gasteiger partial charge in [-0.3, -0.25) is 9.79 Å². The van der Waals surface area contributed by atoms with E-state index >= 15 is 0 Å². The maximum absolute atomic E-state index is 11.3. The minimum absolute atomic E-state index is 0. The number of halogens is 1. The maximum atomic E-state index is 11.3. The zero-order valence-electron chi connectivity index (χ0n) is 15.3. The molecule has 1 rings (SSSR count). The molecule has 142 valence electrons. The van der Waals surface area contributed by atoms with Gasteiger partial charge in [0.15, 0.2) is 5.96 Å². The van der Waals surface area contributed by atoms with Gasteiger partial charge in [-0.1, -0.05) is 12.1 Å². The third-order valence-electron chi connectivity index (χ3n) is 3.32. The number of aliphatic imine (C=N–C) groups is 1. The first kappa shape index (κ1) is 23.5. The van der Waals surface area contributed by atoms with E-state index in [0.29, 0.717) is 26.0 Å². The third kappa shape index (κ3) is 10.9. The molecule has 0 aliphatic rings. The fourth-order valence-corrected chi connectivity index (χ4v) is 2.11. The Labute approximate surface area is 167 Å². The van der Waals surface area contributed by atoms with Gasteiger partial charge in [-0.15, -0.1) is 24.0 Å². The summed E-state index contributed by atoms with van der Waals surface area (Å²) in [4.78, 5) is 15.7. The number of carbonyl (C=O) groups excluding carboxylic acids is 1. The lowest BCUT2D eigenvalue weighted by atomic mass is 10.1. The summed E-state index contributed by atoms with van der Waals surface area (Å²) >= 11 is 0. The first-order valence-corrected chi connectivity index (χ1v) is 8.50. The number of rotatable bonds is 10. The lowest BCUT2D eigenvalue weighted by molar-refractivity contribution is -0.143. The Morgan fingerprint density at radius 3 is 2.48 bits per heavy atom. The Kier molecular flexibility index (Phi) is 13.9. The number of esters is 1. The molecule has 0 saturated heterocycles. The highest BCUT2D eigenvalue weighted by Gasteiger charge is 2.02. The summed E-state index contributed by atoms with van der Waals surface area (Å²) in [5, 5.41) is 6.51. The molecule has 0 aliphatic heterocycles. The maximum Gasteiger partial charge on any atom is 0.305 e. The minimum atomic E-state index is -0.162. The molecule has 0 unspecified atom stereocenters. The molecule has 1 aromatic rings. The average molecular weight is 463 g/mol. The van der Waals surface area contributed by atoms with Crippen LogP contribution in [0, 0.1) is 0 Å². The van der Waals surface area contributed by atoms with Gasteiger partial charge in [-0.25, -0.2) is 0 Å². The van der Waals surface area contributed by atoms with Crippen molar-refractivity contribution in [1.29, 1.82) is 0 Å². The highest BCUT2D eigenvalue weighted by atomic mass is 127. The number of nitrogens with zero attached hydrogens (tertiary/aromatic N) is 1. The Morgan fingerprint density at radius 2 is 1.88 bits per heavy atom. The minimum Gasteiger partial charge on any atom is -0.497 e. The van der Waals surface area contributed by atoms with Crippen LogP contribution in [0.2, 0.25) is 0 Å². The van der Waals surface area contributed by atoms with Crippen molar-refractivity contribution in [3.8, 4) is 5.75 Å². The van der Waals surface area contributed by atoms with E-state index in [9.17, 15) is 4.79 Å². The molecular weight excluding hydrogens is 433 g/mol. The molecule has 0 amide bonds. The van der Waals surface area contributed by atoms with Crippen LogP contribution in [-0.4, -0.2) is 45.3 Å². The summed E-state index contributed by atoms with van der Waals surface area (Å²) in [7, 11) is 1.66. The molecule has 0 aromatic heterocycles. The number of benzene rings is 1. The number of hydrogen-bond donors (Lipinski definition) is 2. The lowest BCUT2D eigenvalue weighted by Crippen LogP contribution is -2.38. The van der Waals surface area contributed by atoms with Crippen molar-refractivity contribution < 1.29 is 14.3 Å². The van der Waals surface area contributed by atoms with E-state index in [1.54, 1.807) is 7.11 Å². The summed E-state index contributed by atoms with van der Waals surface area (Å²) in [6.07, 6.45) is 1.99. The zero-order valence-corrected chi connectivity index (χ0v) is 17.7. The van der Waals surface area contributed by atoms with Crippen molar-refractivity contribution in [3.05, 3.63) is 29.8 Å². The van der Waals surface area contributed by atoms with E-state index in [2.05, 4.69) is 27.8 Å². The molecule has 7 heteroatoms. The largest absolute Gasteiger partial charge is 0.497 e. The van der Waals surface area contributed by atoms with Crippen LogP contribution in [0.15, 0.2) is 29.3 Å². The van der Waals surface area contributed by atoms with Gasteiger partial charge < -0.3 is 20.1 Å². The number of carbonyl (C=O) groups is 1. The molecule has 0 atom stereocenters. The van der Waals surface area contributed by atoms with Crippen molar-refractivity contribution in [1.82, 2.24) is 10.6 Å². The number of hydrogen-bond acceptors (Lipinski definition) is 4. The van der Waals surface area contributed by atoms with Crippen molar-refractivity contribution in [2.75, 3.05) is 33.4 Å². The second kappa shape index (κ2) is 14.8.